The van der Waals surface area contributed by atoms with Crippen molar-refractivity contribution in [3.05, 3.63) is 179 Å². The molecular weight excluding hydrogens is 806 g/mol. The number of rotatable bonds is 22. The molecule has 14 heteroatoms. The summed E-state index contributed by atoms with van der Waals surface area (Å²) in [7, 11) is -3.19. The van der Waals surface area contributed by atoms with E-state index in [0.29, 0.717) is 50.6 Å². The summed E-state index contributed by atoms with van der Waals surface area (Å²) >= 11 is 0. The van der Waals surface area contributed by atoms with Gasteiger partial charge in [-0.1, -0.05) is 133 Å². The minimum Gasteiger partial charge on any atom is -0.493 e. The molecule has 0 fully saturated rings. The average Bonchev–Trinajstić information content (AvgIpc) is 3.30. The summed E-state index contributed by atoms with van der Waals surface area (Å²) in [6.45, 7) is -0.541. The minimum atomic E-state index is -4.58. The van der Waals surface area contributed by atoms with Crippen LogP contribution in [0.4, 0.5) is 0 Å². The van der Waals surface area contributed by atoms with Gasteiger partial charge in [0.1, 0.15) is 0 Å². The monoisotopic (exact) mass is 852 g/mol. The first kappa shape index (κ1) is 43.7. The highest BCUT2D eigenvalue weighted by atomic mass is 31.2. The topological polar surface area (TPSA) is 126 Å². The highest BCUT2D eigenvalue weighted by Gasteiger charge is 2.37. The van der Waals surface area contributed by atoms with Crippen molar-refractivity contribution in [2.45, 2.75) is 26.4 Å². The molecule has 6 rings (SSSR count). The molecule has 0 aliphatic rings. The molecule has 0 aliphatic heterocycles. The fraction of sp³-hybridized carbons (Fsp3) is 0.174. The van der Waals surface area contributed by atoms with E-state index < -0.39 is 15.6 Å². The molecule has 0 unspecified atom stereocenters. The van der Waals surface area contributed by atoms with Gasteiger partial charge in [-0.05, 0) is 52.1 Å². The Morgan fingerprint density at radius 2 is 0.767 bits per heavy atom. The molecule has 0 bridgehead atoms. The van der Waals surface area contributed by atoms with Crippen LogP contribution < -0.4 is 28.0 Å². The first-order valence-electron chi connectivity index (χ1n) is 18.8. The lowest BCUT2D eigenvalue weighted by Gasteiger charge is -2.25. The van der Waals surface area contributed by atoms with Gasteiger partial charge in [0.05, 0.1) is 54.9 Å². The fourth-order valence-electron chi connectivity index (χ4n) is 5.73. The molecule has 0 saturated carbocycles. The van der Waals surface area contributed by atoms with Gasteiger partial charge in [0.15, 0.2) is 23.0 Å². The van der Waals surface area contributed by atoms with Gasteiger partial charge >= 0.3 is 15.6 Å². The zero-order valence-corrected chi connectivity index (χ0v) is 35.4. The van der Waals surface area contributed by atoms with Gasteiger partial charge in [-0.2, -0.15) is 0 Å². The summed E-state index contributed by atoms with van der Waals surface area (Å²) in [5.74, 6) is 0.864. The van der Waals surface area contributed by atoms with E-state index in [2.05, 4.69) is 0 Å². The summed E-state index contributed by atoms with van der Waals surface area (Å²) in [6, 6.07) is 43.3. The molecule has 12 nitrogen and oxygen atoms in total. The number of hydrogen-bond acceptors (Lipinski definition) is 12. The second-order valence-electron chi connectivity index (χ2n) is 12.9. The molecule has 0 aromatic heterocycles. The van der Waals surface area contributed by atoms with Crippen molar-refractivity contribution in [2.24, 2.45) is 0 Å². The number of ether oxygens (including phenoxy) is 4. The third-order valence-corrected chi connectivity index (χ3v) is 11.4. The SMILES string of the molecule is COc1cc(C=Cc2ccc(OC)c(OP(=O)(OCc3ccccc3)OCc3ccccc3)c2OP(=O)(OCc2ccccc2)OCc2ccccc2)cc(OC)c1OC. The lowest BCUT2D eigenvalue weighted by Crippen LogP contribution is -2.08. The van der Waals surface area contributed by atoms with Crippen LogP contribution in [0.2, 0.25) is 0 Å². The van der Waals surface area contributed by atoms with Gasteiger partial charge < -0.3 is 28.0 Å². The zero-order valence-electron chi connectivity index (χ0n) is 33.6. The van der Waals surface area contributed by atoms with E-state index in [-0.39, 0.29) is 43.7 Å². The Balaban J connectivity index is 1.47. The van der Waals surface area contributed by atoms with Crippen molar-refractivity contribution >= 4 is 27.8 Å². The first-order valence-corrected chi connectivity index (χ1v) is 21.7. The maximum atomic E-state index is 15.0. The van der Waals surface area contributed by atoms with Crippen molar-refractivity contribution in [1.82, 2.24) is 0 Å². The van der Waals surface area contributed by atoms with E-state index in [1.807, 2.05) is 121 Å². The van der Waals surface area contributed by atoms with Gasteiger partial charge in [-0.15, -0.1) is 0 Å². The van der Waals surface area contributed by atoms with E-state index in [1.165, 1.54) is 28.4 Å². The summed E-state index contributed by atoms with van der Waals surface area (Å²) in [5.41, 5.74) is 3.78. The molecule has 312 valence electrons. The molecule has 0 spiro atoms. The van der Waals surface area contributed by atoms with E-state index in [1.54, 1.807) is 36.4 Å². The van der Waals surface area contributed by atoms with Crippen LogP contribution in [0.1, 0.15) is 33.4 Å². The Labute approximate surface area is 350 Å². The van der Waals surface area contributed by atoms with Crippen molar-refractivity contribution in [2.75, 3.05) is 28.4 Å². The first-order chi connectivity index (χ1) is 29.2. The normalized spacial score (nSPS) is 11.6. The third kappa shape index (κ3) is 12.1. The number of hydrogen-bond donors (Lipinski definition) is 0. The molecule has 0 saturated heterocycles. The quantitative estimate of drug-likeness (QED) is 0.0476. The molecule has 0 aliphatic carbocycles. The lowest BCUT2D eigenvalue weighted by atomic mass is 10.1. The summed E-state index contributed by atoms with van der Waals surface area (Å²) in [6.07, 6.45) is 3.41. The second-order valence-corrected chi connectivity index (χ2v) is 16.1. The van der Waals surface area contributed by atoms with Gasteiger partial charge in [-0.25, -0.2) is 9.13 Å². The number of phosphoric ester groups is 2. The molecule has 0 N–H and O–H groups in total. The molecule has 0 atom stereocenters. The standard InChI is InChI=1S/C46H46O12P2/c1-49-41-28-27-40(26-25-39-29-42(50-2)45(52-4)43(30-39)51-3)44(57-59(47,53-31-35-17-9-5-10-18-35)54-32-36-19-11-6-12-20-36)46(41)58-60(48,55-33-37-21-13-7-14-22-37)56-34-38-23-15-8-16-24-38/h5-30H,31-34H2,1-4H3. The van der Waals surface area contributed by atoms with Crippen molar-refractivity contribution < 1.29 is 55.2 Å². The maximum absolute atomic E-state index is 15.0. The lowest BCUT2D eigenvalue weighted by molar-refractivity contribution is 0.133. The second kappa shape index (κ2) is 21.4. The Kier molecular flexibility index (Phi) is 15.6. The van der Waals surface area contributed by atoms with E-state index in [4.69, 9.17) is 46.1 Å². The van der Waals surface area contributed by atoms with E-state index in [0.717, 1.165) is 0 Å². The molecule has 6 aromatic rings. The molecular formula is C46H46O12P2. The van der Waals surface area contributed by atoms with Crippen LogP contribution in [-0.2, 0) is 53.7 Å². The summed E-state index contributed by atoms with van der Waals surface area (Å²) < 4.78 is 89.0. The van der Waals surface area contributed by atoms with Crippen LogP contribution in [0.15, 0.2) is 146 Å². The highest BCUT2D eigenvalue weighted by Crippen LogP contribution is 2.60. The van der Waals surface area contributed by atoms with E-state index >= 15 is 0 Å². The molecule has 60 heavy (non-hydrogen) atoms. The number of phosphoric acid groups is 2. The average molecular weight is 853 g/mol. The van der Waals surface area contributed by atoms with Crippen molar-refractivity contribution in [1.29, 1.82) is 0 Å². The van der Waals surface area contributed by atoms with Gasteiger partial charge in [0.25, 0.3) is 0 Å². The van der Waals surface area contributed by atoms with Crippen LogP contribution in [0.5, 0.6) is 34.5 Å². The highest BCUT2D eigenvalue weighted by molar-refractivity contribution is 7.49. The molecule has 0 amide bonds. The maximum Gasteiger partial charge on any atom is 0.530 e. The predicted molar refractivity (Wildman–Crippen MR) is 229 cm³/mol. The summed E-state index contributed by atoms with van der Waals surface area (Å²) in [4.78, 5) is 0. The Morgan fingerprint density at radius 1 is 0.400 bits per heavy atom. The van der Waals surface area contributed by atoms with Crippen LogP contribution in [0.25, 0.3) is 12.2 Å². The predicted octanol–water partition coefficient (Wildman–Crippen LogP) is 11.7. The molecule has 0 radical (unpaired) electrons. The summed E-state index contributed by atoms with van der Waals surface area (Å²) in [5, 5.41) is 0. The van der Waals surface area contributed by atoms with Crippen LogP contribution in [-0.4, -0.2) is 28.4 Å². The smallest absolute Gasteiger partial charge is 0.493 e. The molecule has 0 heterocycles. The van der Waals surface area contributed by atoms with Gasteiger partial charge in [-0.3, -0.25) is 18.1 Å². The van der Waals surface area contributed by atoms with Crippen molar-refractivity contribution in [3.8, 4) is 34.5 Å². The van der Waals surface area contributed by atoms with Crippen LogP contribution in [0, 0.1) is 0 Å². The van der Waals surface area contributed by atoms with Gasteiger partial charge in [0.2, 0.25) is 11.5 Å². The van der Waals surface area contributed by atoms with Crippen LogP contribution >= 0.6 is 15.6 Å². The fourth-order valence-corrected chi connectivity index (χ4v) is 8.13. The zero-order chi connectivity index (χ0) is 42.2. The number of benzene rings is 6. The Hall–Kier alpha value is -5.84. The van der Waals surface area contributed by atoms with Crippen molar-refractivity contribution in [3.63, 3.8) is 0 Å². The molecule has 6 aromatic carbocycles. The minimum absolute atomic E-state index is 0.0550. The Morgan fingerprint density at radius 3 is 1.12 bits per heavy atom. The van der Waals surface area contributed by atoms with E-state index in [9.17, 15) is 9.13 Å². The van der Waals surface area contributed by atoms with Crippen LogP contribution in [0.3, 0.4) is 0 Å². The third-order valence-electron chi connectivity index (χ3n) is 8.80. The Bertz CT molecular complexity index is 2280. The number of methoxy groups -OCH3 is 4. The largest absolute Gasteiger partial charge is 0.530 e. The van der Waals surface area contributed by atoms with Gasteiger partial charge in [0, 0.05) is 5.56 Å².